The van der Waals surface area contributed by atoms with E-state index in [1.807, 2.05) is 54.6 Å². The summed E-state index contributed by atoms with van der Waals surface area (Å²) >= 11 is 5.12. The molecule has 1 heterocycles. The van der Waals surface area contributed by atoms with E-state index in [1.54, 1.807) is 7.11 Å². The first kappa shape index (κ1) is 12.7. The quantitative estimate of drug-likeness (QED) is 0.709. The third kappa shape index (κ3) is 2.38. The lowest BCUT2D eigenvalue weighted by Gasteiger charge is -2.04. The number of aromatic nitrogens is 1. The average Bonchev–Trinajstić information content (AvgIpc) is 2.90. The van der Waals surface area contributed by atoms with Crippen molar-refractivity contribution < 1.29 is 9.15 Å². The first-order valence-corrected chi connectivity index (χ1v) is 6.62. The van der Waals surface area contributed by atoms with E-state index in [0.29, 0.717) is 4.84 Å². The van der Waals surface area contributed by atoms with Crippen molar-refractivity contribution in [2.45, 2.75) is 0 Å². The van der Waals surface area contributed by atoms with Gasteiger partial charge < -0.3 is 14.1 Å². The number of hydrogen-bond acceptors (Lipinski definition) is 3. The largest absolute Gasteiger partial charge is 0.497 e. The maximum atomic E-state index is 5.64. The van der Waals surface area contributed by atoms with E-state index in [1.165, 1.54) is 0 Å². The molecule has 0 fully saturated rings. The number of benzene rings is 2. The van der Waals surface area contributed by atoms with E-state index >= 15 is 0 Å². The highest BCUT2D eigenvalue weighted by atomic mass is 32.1. The van der Waals surface area contributed by atoms with Gasteiger partial charge in [0.2, 0.25) is 0 Å². The fraction of sp³-hybridized carbons (Fsp3) is 0.0625. The Labute approximate surface area is 121 Å². The highest BCUT2D eigenvalue weighted by Crippen LogP contribution is 2.32. The SMILES string of the molecule is COc1ccc(-c2[nH]c(=S)oc2-c2ccccc2)cc1. The predicted octanol–water partition coefficient (Wildman–Crippen LogP) is 4.68. The van der Waals surface area contributed by atoms with Crippen LogP contribution in [0.15, 0.2) is 59.0 Å². The number of nitrogens with one attached hydrogen (secondary N) is 1. The number of ether oxygens (including phenoxy) is 1. The molecule has 100 valence electrons. The summed E-state index contributed by atoms with van der Waals surface area (Å²) in [5, 5.41) is 0. The van der Waals surface area contributed by atoms with Crippen LogP contribution in [0, 0.1) is 4.84 Å². The van der Waals surface area contributed by atoms with Gasteiger partial charge in [-0.1, -0.05) is 30.3 Å². The van der Waals surface area contributed by atoms with Gasteiger partial charge in [0.05, 0.1) is 12.8 Å². The zero-order chi connectivity index (χ0) is 13.9. The topological polar surface area (TPSA) is 38.2 Å². The molecule has 1 N–H and O–H groups in total. The molecule has 3 aromatic rings. The van der Waals surface area contributed by atoms with E-state index in [-0.39, 0.29) is 0 Å². The zero-order valence-electron chi connectivity index (χ0n) is 10.9. The molecule has 0 unspecified atom stereocenters. The number of H-pyrrole nitrogens is 1. The lowest BCUT2D eigenvalue weighted by atomic mass is 10.1. The molecule has 2 aromatic carbocycles. The van der Waals surface area contributed by atoms with E-state index in [9.17, 15) is 0 Å². The van der Waals surface area contributed by atoms with Crippen molar-refractivity contribution in [3.8, 4) is 28.3 Å². The van der Waals surface area contributed by atoms with Crippen molar-refractivity contribution in [2.75, 3.05) is 7.11 Å². The molecule has 0 aliphatic carbocycles. The minimum atomic E-state index is 0.370. The number of rotatable bonds is 3. The van der Waals surface area contributed by atoms with Crippen LogP contribution in [0.4, 0.5) is 0 Å². The van der Waals surface area contributed by atoms with Crippen molar-refractivity contribution in [2.24, 2.45) is 0 Å². The van der Waals surface area contributed by atoms with Crippen LogP contribution in [0.1, 0.15) is 0 Å². The Bertz CT molecular complexity index is 757. The smallest absolute Gasteiger partial charge is 0.266 e. The highest BCUT2D eigenvalue weighted by molar-refractivity contribution is 7.71. The van der Waals surface area contributed by atoms with Crippen LogP contribution in [0.5, 0.6) is 5.75 Å². The van der Waals surface area contributed by atoms with Crippen LogP contribution in [0.2, 0.25) is 0 Å². The summed E-state index contributed by atoms with van der Waals surface area (Å²) in [5.74, 6) is 1.57. The lowest BCUT2D eigenvalue weighted by Crippen LogP contribution is -1.85. The van der Waals surface area contributed by atoms with Crippen molar-refractivity contribution in [1.82, 2.24) is 4.98 Å². The van der Waals surface area contributed by atoms with Gasteiger partial charge in [0.25, 0.3) is 4.84 Å². The molecule has 3 rings (SSSR count). The molecular formula is C16H13NO2S. The Hall–Kier alpha value is -2.33. The summed E-state index contributed by atoms with van der Waals surface area (Å²) < 4.78 is 10.8. The monoisotopic (exact) mass is 283 g/mol. The second-order valence-electron chi connectivity index (χ2n) is 4.31. The number of aromatic amines is 1. The zero-order valence-corrected chi connectivity index (χ0v) is 11.7. The Morgan fingerprint density at radius 2 is 1.65 bits per heavy atom. The molecule has 0 saturated heterocycles. The molecule has 0 aliphatic rings. The average molecular weight is 283 g/mol. The van der Waals surface area contributed by atoms with E-state index in [0.717, 1.165) is 28.3 Å². The van der Waals surface area contributed by atoms with Crippen LogP contribution in [-0.4, -0.2) is 12.1 Å². The Morgan fingerprint density at radius 3 is 2.30 bits per heavy atom. The van der Waals surface area contributed by atoms with Gasteiger partial charge in [0.1, 0.15) is 5.75 Å². The van der Waals surface area contributed by atoms with Crippen LogP contribution in [0.25, 0.3) is 22.6 Å². The summed E-state index contributed by atoms with van der Waals surface area (Å²) in [6.07, 6.45) is 0. The standard InChI is InChI=1S/C16H13NO2S/c1-18-13-9-7-11(8-10-13)14-15(19-16(20)17-14)12-5-3-2-4-6-12/h2-10H,1H3,(H,17,20). The predicted molar refractivity (Wildman–Crippen MR) is 81.3 cm³/mol. The summed E-state index contributed by atoms with van der Waals surface area (Å²) in [5.41, 5.74) is 2.87. The van der Waals surface area contributed by atoms with Crippen LogP contribution in [0.3, 0.4) is 0 Å². The molecule has 0 saturated carbocycles. The summed E-state index contributed by atoms with van der Waals surface area (Å²) in [7, 11) is 1.65. The van der Waals surface area contributed by atoms with Crippen LogP contribution < -0.4 is 4.74 Å². The first-order valence-electron chi connectivity index (χ1n) is 6.21. The molecule has 4 heteroatoms. The van der Waals surface area contributed by atoms with Crippen LogP contribution in [-0.2, 0) is 0 Å². The molecule has 0 atom stereocenters. The summed E-state index contributed by atoms with van der Waals surface area (Å²) in [6, 6.07) is 17.7. The normalized spacial score (nSPS) is 10.4. The molecule has 0 bridgehead atoms. The molecule has 0 amide bonds. The van der Waals surface area contributed by atoms with E-state index in [2.05, 4.69) is 4.98 Å². The van der Waals surface area contributed by atoms with Gasteiger partial charge in [-0.2, -0.15) is 0 Å². The molecule has 0 aliphatic heterocycles. The van der Waals surface area contributed by atoms with Crippen molar-refractivity contribution in [3.63, 3.8) is 0 Å². The van der Waals surface area contributed by atoms with Crippen molar-refractivity contribution >= 4 is 12.2 Å². The Morgan fingerprint density at radius 1 is 0.950 bits per heavy atom. The van der Waals surface area contributed by atoms with Gasteiger partial charge in [-0.3, -0.25) is 0 Å². The van der Waals surface area contributed by atoms with Gasteiger partial charge in [0.15, 0.2) is 5.76 Å². The molecule has 0 radical (unpaired) electrons. The van der Waals surface area contributed by atoms with Gasteiger partial charge in [-0.25, -0.2) is 0 Å². The summed E-state index contributed by atoms with van der Waals surface area (Å²) in [6.45, 7) is 0. The fourth-order valence-corrected chi connectivity index (χ4v) is 2.27. The van der Waals surface area contributed by atoms with Crippen molar-refractivity contribution in [1.29, 1.82) is 0 Å². The molecule has 3 nitrogen and oxygen atoms in total. The van der Waals surface area contributed by atoms with Gasteiger partial charge in [-0.05, 0) is 36.5 Å². The van der Waals surface area contributed by atoms with Gasteiger partial charge in [0, 0.05) is 11.1 Å². The number of oxazole rings is 1. The number of methoxy groups -OCH3 is 1. The lowest BCUT2D eigenvalue weighted by molar-refractivity contribution is 0.415. The third-order valence-corrected chi connectivity index (χ3v) is 3.25. The molecule has 20 heavy (non-hydrogen) atoms. The third-order valence-electron chi connectivity index (χ3n) is 3.06. The minimum Gasteiger partial charge on any atom is -0.497 e. The van der Waals surface area contributed by atoms with Crippen LogP contribution >= 0.6 is 12.2 Å². The molecular weight excluding hydrogens is 270 g/mol. The number of hydrogen-bond donors (Lipinski definition) is 1. The van der Waals surface area contributed by atoms with Gasteiger partial charge >= 0.3 is 0 Å². The second-order valence-corrected chi connectivity index (χ2v) is 4.68. The minimum absolute atomic E-state index is 0.370. The summed E-state index contributed by atoms with van der Waals surface area (Å²) in [4.78, 5) is 3.47. The first-order chi connectivity index (χ1) is 9.78. The Kier molecular flexibility index (Phi) is 3.39. The van der Waals surface area contributed by atoms with E-state index in [4.69, 9.17) is 21.4 Å². The maximum absolute atomic E-state index is 5.64. The van der Waals surface area contributed by atoms with Gasteiger partial charge in [-0.15, -0.1) is 0 Å². The van der Waals surface area contributed by atoms with E-state index < -0.39 is 0 Å². The Balaban J connectivity index is 2.12. The highest BCUT2D eigenvalue weighted by Gasteiger charge is 2.12. The molecule has 0 spiro atoms. The maximum Gasteiger partial charge on any atom is 0.266 e. The van der Waals surface area contributed by atoms with Crippen molar-refractivity contribution in [3.05, 3.63) is 59.4 Å². The molecule has 1 aromatic heterocycles. The fourth-order valence-electron chi connectivity index (χ4n) is 2.08. The second kappa shape index (κ2) is 5.35.